The number of hydrogen-bond acceptors (Lipinski definition) is 5. The van der Waals surface area contributed by atoms with E-state index in [0.29, 0.717) is 11.3 Å². The first-order chi connectivity index (χ1) is 9.17. The van der Waals surface area contributed by atoms with Crippen LogP contribution in [0.3, 0.4) is 0 Å². The van der Waals surface area contributed by atoms with Gasteiger partial charge in [-0.1, -0.05) is 0 Å². The van der Waals surface area contributed by atoms with Gasteiger partial charge in [-0.15, -0.1) is 0 Å². The third-order valence-electron chi connectivity index (χ3n) is 3.43. The van der Waals surface area contributed by atoms with Gasteiger partial charge in [-0.05, 0) is 32.0 Å². The maximum absolute atomic E-state index is 11.1. The summed E-state index contributed by atoms with van der Waals surface area (Å²) in [5, 5.41) is 23.2. The van der Waals surface area contributed by atoms with Crippen molar-refractivity contribution < 1.29 is 4.92 Å². The number of hydrogen-bond donors (Lipinski definition) is 1. The summed E-state index contributed by atoms with van der Waals surface area (Å²) in [5.74, 6) is 0. The van der Waals surface area contributed by atoms with Gasteiger partial charge in [0.25, 0.3) is 5.69 Å². The smallest absolute Gasteiger partial charge is 0.292 e. The molecule has 1 aromatic rings. The fourth-order valence-electron chi connectivity index (χ4n) is 2.58. The lowest BCUT2D eigenvalue weighted by Crippen LogP contribution is -2.37. The minimum Gasteiger partial charge on any atom is -0.362 e. The van der Waals surface area contributed by atoms with E-state index in [1.165, 1.54) is 12.1 Å². The summed E-state index contributed by atoms with van der Waals surface area (Å²) in [6, 6.07) is 6.81. The Kier molecular flexibility index (Phi) is 3.97. The number of benzene rings is 1. The quantitative estimate of drug-likeness (QED) is 0.657. The highest BCUT2D eigenvalue weighted by atomic mass is 16.6. The number of likely N-dealkylation sites (N-methyl/N-ethyl adjacent to an activating group) is 1. The van der Waals surface area contributed by atoms with Crippen molar-refractivity contribution in [3.8, 4) is 6.07 Å². The molecule has 1 aromatic carbocycles. The molecule has 19 heavy (non-hydrogen) atoms. The third kappa shape index (κ3) is 2.66. The largest absolute Gasteiger partial charge is 0.362 e. The van der Waals surface area contributed by atoms with Crippen LogP contribution in [0.25, 0.3) is 0 Å². The van der Waals surface area contributed by atoms with Crippen molar-refractivity contribution >= 4 is 11.4 Å². The number of nitrogens with zero attached hydrogens (tertiary/aromatic N) is 3. The average Bonchev–Trinajstić information content (AvgIpc) is 2.86. The molecule has 100 valence electrons. The van der Waals surface area contributed by atoms with E-state index in [-0.39, 0.29) is 16.7 Å². The fourth-order valence-corrected chi connectivity index (χ4v) is 2.58. The lowest BCUT2D eigenvalue weighted by Gasteiger charge is -2.26. The number of nitro benzene ring substituents is 1. The first-order valence-electron chi connectivity index (χ1n) is 6.27. The third-order valence-corrected chi connectivity index (χ3v) is 3.43. The molecule has 1 unspecified atom stereocenters. The number of nitriles is 1. The summed E-state index contributed by atoms with van der Waals surface area (Å²) in [6.07, 6.45) is 2.02. The second kappa shape index (κ2) is 5.67. The highest BCUT2D eigenvalue weighted by molar-refractivity contribution is 5.67. The molecule has 1 atom stereocenters. The Bertz CT molecular complexity index is 524. The second-order valence-corrected chi connectivity index (χ2v) is 4.62. The van der Waals surface area contributed by atoms with Gasteiger partial charge in [0, 0.05) is 25.2 Å². The van der Waals surface area contributed by atoms with E-state index in [4.69, 9.17) is 5.26 Å². The molecule has 0 bridgehead atoms. The number of nitrogens with one attached hydrogen (secondary N) is 1. The highest BCUT2D eigenvalue weighted by Crippen LogP contribution is 2.34. The number of rotatable bonds is 4. The van der Waals surface area contributed by atoms with Gasteiger partial charge in [-0.3, -0.25) is 10.1 Å². The molecule has 0 saturated carbocycles. The summed E-state index contributed by atoms with van der Waals surface area (Å²) in [5.41, 5.74) is 1.08. The number of nitro groups is 1. The van der Waals surface area contributed by atoms with Crippen molar-refractivity contribution in [2.75, 3.05) is 25.0 Å². The van der Waals surface area contributed by atoms with E-state index in [1.807, 2.05) is 18.0 Å². The van der Waals surface area contributed by atoms with Gasteiger partial charge in [0.2, 0.25) is 0 Å². The summed E-state index contributed by atoms with van der Waals surface area (Å²) in [7, 11) is 1.87. The molecule has 6 heteroatoms. The molecule has 1 heterocycles. The van der Waals surface area contributed by atoms with Crippen LogP contribution in [0.15, 0.2) is 18.2 Å². The van der Waals surface area contributed by atoms with Crippen LogP contribution in [0, 0.1) is 21.4 Å². The molecule has 1 fully saturated rings. The molecule has 2 rings (SSSR count). The zero-order valence-electron chi connectivity index (χ0n) is 10.8. The van der Waals surface area contributed by atoms with Crippen molar-refractivity contribution in [2.45, 2.75) is 18.9 Å². The van der Waals surface area contributed by atoms with Crippen LogP contribution in [-0.2, 0) is 0 Å². The Hall–Kier alpha value is -2.13. The first-order valence-corrected chi connectivity index (χ1v) is 6.27. The van der Waals surface area contributed by atoms with Gasteiger partial charge < -0.3 is 10.2 Å². The molecule has 6 nitrogen and oxygen atoms in total. The Morgan fingerprint density at radius 3 is 3.05 bits per heavy atom. The molecular weight excluding hydrogens is 244 g/mol. The van der Waals surface area contributed by atoms with E-state index in [2.05, 4.69) is 5.32 Å². The Labute approximate surface area is 111 Å². The summed E-state index contributed by atoms with van der Waals surface area (Å²) < 4.78 is 0. The Morgan fingerprint density at radius 1 is 1.63 bits per heavy atom. The van der Waals surface area contributed by atoms with E-state index in [9.17, 15) is 10.1 Å². The first kappa shape index (κ1) is 13.3. The molecule has 0 amide bonds. The van der Waals surface area contributed by atoms with Crippen molar-refractivity contribution in [3.63, 3.8) is 0 Å². The van der Waals surface area contributed by atoms with Crippen molar-refractivity contribution in [2.24, 2.45) is 0 Å². The predicted molar refractivity (Wildman–Crippen MR) is 72.1 cm³/mol. The second-order valence-electron chi connectivity index (χ2n) is 4.62. The highest BCUT2D eigenvalue weighted by Gasteiger charge is 2.29. The van der Waals surface area contributed by atoms with Crippen LogP contribution in [0.2, 0.25) is 0 Å². The Morgan fingerprint density at radius 2 is 2.42 bits per heavy atom. The van der Waals surface area contributed by atoms with Crippen molar-refractivity contribution in [1.29, 1.82) is 5.26 Å². The zero-order chi connectivity index (χ0) is 13.8. The minimum absolute atomic E-state index is 0.0713. The summed E-state index contributed by atoms with van der Waals surface area (Å²) in [4.78, 5) is 12.8. The van der Waals surface area contributed by atoms with Crippen molar-refractivity contribution in [1.82, 2.24) is 5.32 Å². The van der Waals surface area contributed by atoms with Gasteiger partial charge in [0.05, 0.1) is 16.6 Å². The standard InChI is InChI=1S/C13H16N4O2/c1-15-9-11-3-2-6-16(11)13-7-10(8-14)4-5-12(13)17(18)19/h4-5,7,11,15H,2-3,6,9H2,1H3. The van der Waals surface area contributed by atoms with E-state index < -0.39 is 0 Å². The van der Waals surface area contributed by atoms with E-state index in [1.54, 1.807) is 6.07 Å². The van der Waals surface area contributed by atoms with Gasteiger partial charge >= 0.3 is 0 Å². The molecule has 0 radical (unpaired) electrons. The lowest BCUT2D eigenvalue weighted by molar-refractivity contribution is -0.384. The maximum atomic E-state index is 11.1. The van der Waals surface area contributed by atoms with E-state index in [0.717, 1.165) is 25.9 Å². The topological polar surface area (TPSA) is 82.2 Å². The fraction of sp³-hybridized carbons (Fsp3) is 0.462. The maximum Gasteiger partial charge on any atom is 0.292 e. The molecule has 0 aromatic heterocycles. The monoisotopic (exact) mass is 260 g/mol. The zero-order valence-corrected chi connectivity index (χ0v) is 10.8. The summed E-state index contributed by atoms with van der Waals surface area (Å²) >= 11 is 0. The van der Waals surface area contributed by atoms with Crippen LogP contribution < -0.4 is 10.2 Å². The van der Waals surface area contributed by atoms with Crippen LogP contribution in [0.4, 0.5) is 11.4 Å². The van der Waals surface area contributed by atoms with Gasteiger partial charge in [0.15, 0.2) is 0 Å². The molecular formula is C13H16N4O2. The average molecular weight is 260 g/mol. The molecule has 1 aliphatic heterocycles. The normalized spacial score (nSPS) is 18.3. The van der Waals surface area contributed by atoms with Gasteiger partial charge in [-0.2, -0.15) is 5.26 Å². The molecule has 1 saturated heterocycles. The molecule has 0 aliphatic carbocycles. The summed E-state index contributed by atoms with van der Waals surface area (Å²) in [6.45, 7) is 1.58. The van der Waals surface area contributed by atoms with Gasteiger partial charge in [-0.25, -0.2) is 0 Å². The van der Waals surface area contributed by atoms with Crippen LogP contribution in [-0.4, -0.2) is 31.1 Å². The molecule has 1 aliphatic rings. The SMILES string of the molecule is CNCC1CCCN1c1cc(C#N)ccc1[N+](=O)[O-]. The Balaban J connectivity index is 2.41. The molecule has 0 spiro atoms. The minimum atomic E-state index is -0.384. The predicted octanol–water partition coefficient (Wildman–Crippen LogP) is 1.65. The number of anilines is 1. The van der Waals surface area contributed by atoms with Crippen LogP contribution in [0.5, 0.6) is 0 Å². The van der Waals surface area contributed by atoms with Crippen LogP contribution in [0.1, 0.15) is 18.4 Å². The van der Waals surface area contributed by atoms with E-state index >= 15 is 0 Å². The molecule has 1 N–H and O–H groups in total. The lowest BCUT2D eigenvalue weighted by atomic mass is 10.1. The van der Waals surface area contributed by atoms with Crippen LogP contribution >= 0.6 is 0 Å². The van der Waals surface area contributed by atoms with Crippen molar-refractivity contribution in [3.05, 3.63) is 33.9 Å². The van der Waals surface area contributed by atoms with Gasteiger partial charge in [0.1, 0.15) is 5.69 Å².